The molecule has 2 aliphatic rings. The summed E-state index contributed by atoms with van der Waals surface area (Å²) < 4.78 is 6.30. The van der Waals surface area contributed by atoms with Gasteiger partial charge in [-0.3, -0.25) is 9.69 Å². The fourth-order valence-corrected chi connectivity index (χ4v) is 7.03. The fraction of sp³-hybridized carbons (Fsp3) is 0.273. The van der Waals surface area contributed by atoms with Crippen LogP contribution in [0.15, 0.2) is 89.3 Å². The Bertz CT molecular complexity index is 1660. The Morgan fingerprint density at radius 2 is 1.82 bits per heavy atom. The third kappa shape index (κ3) is 4.69. The molecular formula is C33H32N4O2S. The molecule has 0 aliphatic carbocycles. The summed E-state index contributed by atoms with van der Waals surface area (Å²) in [5, 5.41) is 4.92. The van der Waals surface area contributed by atoms with Crippen molar-refractivity contribution in [2.75, 3.05) is 30.4 Å². The highest BCUT2D eigenvalue weighted by atomic mass is 32.1. The maximum Gasteiger partial charge on any atom is 0.212 e. The lowest BCUT2D eigenvalue weighted by Crippen LogP contribution is -2.36. The lowest BCUT2D eigenvalue weighted by molar-refractivity contribution is 0.104. The van der Waals surface area contributed by atoms with Gasteiger partial charge in [-0.25, -0.2) is 4.98 Å². The van der Waals surface area contributed by atoms with Gasteiger partial charge in [0.1, 0.15) is 5.52 Å². The first-order valence-electron chi connectivity index (χ1n) is 14.0. The number of ketones is 1. The minimum absolute atomic E-state index is 0.0587. The first-order chi connectivity index (χ1) is 19.6. The highest BCUT2D eigenvalue weighted by molar-refractivity contribution is 7.18. The Balaban J connectivity index is 1.18. The highest BCUT2D eigenvalue weighted by Gasteiger charge is 2.29. The average molecular weight is 549 g/mol. The van der Waals surface area contributed by atoms with Crippen molar-refractivity contribution in [2.24, 2.45) is 0 Å². The number of benzene rings is 3. The number of hydrogen-bond acceptors (Lipinski definition) is 7. The summed E-state index contributed by atoms with van der Waals surface area (Å²) in [6.45, 7) is 2.66. The number of oxazole rings is 1. The molecule has 1 fully saturated rings. The Morgan fingerprint density at radius 1 is 0.975 bits per heavy atom. The fourth-order valence-electron chi connectivity index (χ4n) is 6.05. The van der Waals surface area contributed by atoms with Crippen LogP contribution in [0.1, 0.15) is 63.6 Å². The third-order valence-corrected chi connectivity index (χ3v) is 9.32. The summed E-state index contributed by atoms with van der Waals surface area (Å²) in [7, 11) is 2.16. The minimum atomic E-state index is 0.0587. The van der Waals surface area contributed by atoms with Crippen molar-refractivity contribution in [1.82, 2.24) is 9.88 Å². The molecule has 0 bridgehead atoms. The molecule has 2 unspecified atom stereocenters. The normalized spacial score (nSPS) is 19.5. The molecule has 0 saturated carbocycles. The lowest BCUT2D eigenvalue weighted by Gasteiger charge is -2.36. The topological polar surface area (TPSA) is 61.6 Å². The van der Waals surface area contributed by atoms with E-state index in [-0.39, 0.29) is 17.9 Å². The first kappa shape index (κ1) is 25.1. The molecule has 0 spiro atoms. The molecule has 2 aromatic heterocycles. The van der Waals surface area contributed by atoms with Gasteiger partial charge in [0.15, 0.2) is 5.58 Å². The third-order valence-electron chi connectivity index (χ3n) is 8.18. The zero-order valence-electron chi connectivity index (χ0n) is 22.5. The monoisotopic (exact) mass is 548 g/mol. The van der Waals surface area contributed by atoms with E-state index in [1.165, 1.54) is 24.0 Å². The molecule has 7 rings (SSSR count). The number of piperidine rings is 1. The minimum Gasteiger partial charge on any atom is -0.439 e. The number of aromatic nitrogens is 1. The van der Waals surface area contributed by atoms with Crippen LogP contribution in [0.4, 0.5) is 10.7 Å². The molecule has 1 saturated heterocycles. The predicted octanol–water partition coefficient (Wildman–Crippen LogP) is 7.45. The van der Waals surface area contributed by atoms with Gasteiger partial charge in [-0.1, -0.05) is 67.1 Å². The van der Waals surface area contributed by atoms with Crippen LogP contribution in [-0.2, 0) is 6.54 Å². The molecule has 0 radical (unpaired) electrons. The van der Waals surface area contributed by atoms with Crippen LogP contribution >= 0.6 is 11.3 Å². The van der Waals surface area contributed by atoms with E-state index >= 15 is 0 Å². The number of carbonyl (C=O) groups is 1. The van der Waals surface area contributed by atoms with Crippen LogP contribution in [0.2, 0.25) is 0 Å². The van der Waals surface area contributed by atoms with Crippen molar-refractivity contribution >= 4 is 38.9 Å². The summed E-state index contributed by atoms with van der Waals surface area (Å²) in [4.78, 5) is 23.6. The molecule has 4 heterocycles. The second-order valence-electron chi connectivity index (χ2n) is 10.8. The first-order valence-corrected chi connectivity index (χ1v) is 14.8. The molecule has 40 heavy (non-hydrogen) atoms. The Kier molecular flexibility index (Phi) is 6.61. The number of anilines is 2. The van der Waals surface area contributed by atoms with E-state index in [1.807, 2.05) is 48.5 Å². The van der Waals surface area contributed by atoms with Crippen LogP contribution in [-0.4, -0.2) is 35.8 Å². The van der Waals surface area contributed by atoms with Crippen molar-refractivity contribution in [3.05, 3.63) is 112 Å². The maximum absolute atomic E-state index is 13.1. The van der Waals surface area contributed by atoms with Gasteiger partial charge >= 0.3 is 0 Å². The van der Waals surface area contributed by atoms with E-state index in [9.17, 15) is 4.79 Å². The molecule has 2 atom stereocenters. The van der Waals surface area contributed by atoms with Crippen molar-refractivity contribution < 1.29 is 9.21 Å². The molecule has 0 amide bonds. The number of fused-ring (bicyclic) bond motifs is 2. The van der Waals surface area contributed by atoms with Gasteiger partial charge in [0.25, 0.3) is 0 Å². The standard InChI is InChI=1S/C33H32N4O2S/c1-36-19-8-7-15-27(36)33-35-31-25(14-9-16-28(31)39-33)34-26-21-37(20-23-12-5-6-13-24(23)26)30-18-17-29(40-30)32(38)22-10-3-2-4-11-22/h2-6,9-14,16-18,26-27,34H,7-8,15,19-21H2,1H3. The molecule has 3 aromatic carbocycles. The summed E-state index contributed by atoms with van der Waals surface area (Å²) >= 11 is 1.56. The molecule has 6 nitrogen and oxygen atoms in total. The largest absolute Gasteiger partial charge is 0.439 e. The molecule has 2 aliphatic heterocycles. The van der Waals surface area contributed by atoms with E-state index in [4.69, 9.17) is 9.40 Å². The maximum atomic E-state index is 13.1. The van der Waals surface area contributed by atoms with Gasteiger partial charge in [0.05, 0.1) is 27.6 Å². The molecule has 1 N–H and O–H groups in total. The summed E-state index contributed by atoms with van der Waals surface area (Å²) in [5.74, 6) is 0.882. The van der Waals surface area contributed by atoms with Crippen molar-refractivity contribution in [2.45, 2.75) is 37.9 Å². The number of para-hydroxylation sites is 1. The zero-order chi connectivity index (χ0) is 27.1. The van der Waals surface area contributed by atoms with E-state index in [1.54, 1.807) is 11.3 Å². The van der Waals surface area contributed by atoms with E-state index in [0.717, 1.165) is 64.2 Å². The van der Waals surface area contributed by atoms with Crippen molar-refractivity contribution in [1.29, 1.82) is 0 Å². The number of nitrogens with zero attached hydrogens (tertiary/aromatic N) is 3. The number of carbonyl (C=O) groups excluding carboxylic acids is 1. The van der Waals surface area contributed by atoms with Gasteiger partial charge in [-0.2, -0.15) is 0 Å². The second kappa shape index (κ2) is 10.6. The van der Waals surface area contributed by atoms with Gasteiger partial charge in [0, 0.05) is 18.7 Å². The number of rotatable bonds is 6. The van der Waals surface area contributed by atoms with Crippen LogP contribution in [0.5, 0.6) is 0 Å². The van der Waals surface area contributed by atoms with Crippen LogP contribution in [0, 0.1) is 0 Å². The van der Waals surface area contributed by atoms with E-state index in [0.29, 0.717) is 0 Å². The number of hydrogen-bond donors (Lipinski definition) is 1. The molecule has 5 aromatic rings. The molecule has 7 heteroatoms. The highest BCUT2D eigenvalue weighted by Crippen LogP contribution is 2.38. The van der Waals surface area contributed by atoms with Gasteiger partial charge < -0.3 is 14.6 Å². The summed E-state index contributed by atoms with van der Waals surface area (Å²) in [6, 6.07) is 28.6. The average Bonchev–Trinajstić information content (AvgIpc) is 3.66. The van der Waals surface area contributed by atoms with Gasteiger partial charge in [-0.05, 0) is 61.8 Å². The Hall–Kier alpha value is -3.94. The lowest BCUT2D eigenvalue weighted by atomic mass is 9.95. The summed E-state index contributed by atoms with van der Waals surface area (Å²) in [6.07, 6.45) is 3.51. The van der Waals surface area contributed by atoms with Crippen LogP contribution in [0.25, 0.3) is 11.1 Å². The van der Waals surface area contributed by atoms with Crippen LogP contribution in [0.3, 0.4) is 0 Å². The van der Waals surface area contributed by atoms with Crippen molar-refractivity contribution in [3.63, 3.8) is 0 Å². The number of likely N-dealkylation sites (tertiary alicyclic amines) is 1. The van der Waals surface area contributed by atoms with E-state index < -0.39 is 0 Å². The van der Waals surface area contributed by atoms with E-state index in [2.05, 4.69) is 58.6 Å². The van der Waals surface area contributed by atoms with Crippen molar-refractivity contribution in [3.8, 4) is 0 Å². The predicted molar refractivity (Wildman–Crippen MR) is 161 cm³/mol. The Morgan fingerprint density at radius 3 is 2.70 bits per heavy atom. The molecule has 202 valence electrons. The van der Waals surface area contributed by atoms with Gasteiger partial charge in [0.2, 0.25) is 11.7 Å². The quantitative estimate of drug-likeness (QED) is 0.222. The van der Waals surface area contributed by atoms with Crippen LogP contribution < -0.4 is 10.2 Å². The number of nitrogens with one attached hydrogen (secondary N) is 1. The second-order valence-corrected chi connectivity index (χ2v) is 11.9. The van der Waals surface area contributed by atoms with Gasteiger partial charge in [-0.15, -0.1) is 11.3 Å². The Labute approximate surface area is 238 Å². The smallest absolute Gasteiger partial charge is 0.212 e. The number of thiophene rings is 1. The SMILES string of the molecule is CN1CCCCC1c1nc2c(NC3CN(c4ccc(C(=O)c5ccccc5)s4)Cc4ccccc43)cccc2o1. The molecular weight excluding hydrogens is 516 g/mol. The zero-order valence-corrected chi connectivity index (χ0v) is 23.4. The summed E-state index contributed by atoms with van der Waals surface area (Å²) in [5.41, 5.74) is 5.99.